The van der Waals surface area contributed by atoms with Crippen molar-refractivity contribution in [2.24, 2.45) is 5.92 Å². The summed E-state index contributed by atoms with van der Waals surface area (Å²) in [6.07, 6.45) is 6.65. The predicted molar refractivity (Wildman–Crippen MR) is 90.7 cm³/mol. The van der Waals surface area contributed by atoms with Crippen LogP contribution in [0.5, 0.6) is 0 Å². The van der Waals surface area contributed by atoms with Gasteiger partial charge in [-0.15, -0.1) is 0 Å². The maximum absolute atomic E-state index is 12.4. The first-order chi connectivity index (χ1) is 11.0. The number of aromatic amines is 1. The lowest BCUT2D eigenvalue weighted by Crippen LogP contribution is -2.47. The number of aryl methyl sites for hydroxylation is 1. The van der Waals surface area contributed by atoms with Crippen molar-refractivity contribution < 1.29 is 9.53 Å². The molecule has 0 spiro atoms. The maximum Gasteiger partial charge on any atom is 0.257 e. The van der Waals surface area contributed by atoms with Gasteiger partial charge in [-0.3, -0.25) is 9.59 Å². The van der Waals surface area contributed by atoms with Crippen molar-refractivity contribution in [3.05, 3.63) is 33.7 Å². The van der Waals surface area contributed by atoms with E-state index >= 15 is 0 Å². The Morgan fingerprint density at radius 2 is 2.13 bits per heavy atom. The van der Waals surface area contributed by atoms with Crippen LogP contribution in [0.15, 0.2) is 17.1 Å². The zero-order valence-electron chi connectivity index (χ0n) is 14.4. The minimum absolute atomic E-state index is 0.0101. The van der Waals surface area contributed by atoms with E-state index in [0.29, 0.717) is 5.92 Å². The highest BCUT2D eigenvalue weighted by Gasteiger charge is 2.28. The zero-order chi connectivity index (χ0) is 16.8. The molecular weight excluding hydrogens is 292 g/mol. The first-order valence-electron chi connectivity index (χ1n) is 8.59. The van der Waals surface area contributed by atoms with E-state index < -0.39 is 0 Å². The van der Waals surface area contributed by atoms with E-state index in [0.717, 1.165) is 44.4 Å². The van der Waals surface area contributed by atoms with Crippen molar-refractivity contribution in [1.29, 1.82) is 0 Å². The van der Waals surface area contributed by atoms with E-state index in [1.165, 1.54) is 12.3 Å². The number of nitrogens with one attached hydrogen (secondary N) is 2. The SMILES string of the molecule is Cc1cc(=O)c(C(=O)N[C@@H]2CCCC[C@@H]2OCCC(C)C)c[nH]1. The third-order valence-electron chi connectivity index (χ3n) is 4.35. The Morgan fingerprint density at radius 3 is 2.83 bits per heavy atom. The van der Waals surface area contributed by atoms with Crippen LogP contribution >= 0.6 is 0 Å². The summed E-state index contributed by atoms with van der Waals surface area (Å²) in [5.74, 6) is 0.299. The van der Waals surface area contributed by atoms with Crippen molar-refractivity contribution >= 4 is 5.91 Å². The van der Waals surface area contributed by atoms with Crippen LogP contribution in [0.25, 0.3) is 0 Å². The fourth-order valence-electron chi connectivity index (χ4n) is 2.91. The molecule has 0 aliphatic heterocycles. The molecule has 0 bridgehead atoms. The van der Waals surface area contributed by atoms with Crippen molar-refractivity contribution in [3.63, 3.8) is 0 Å². The van der Waals surface area contributed by atoms with Crippen LogP contribution in [-0.4, -0.2) is 29.6 Å². The molecule has 1 saturated carbocycles. The largest absolute Gasteiger partial charge is 0.376 e. The van der Waals surface area contributed by atoms with Crippen molar-refractivity contribution in [3.8, 4) is 0 Å². The Balaban J connectivity index is 1.97. The molecule has 1 aromatic rings. The standard InChI is InChI=1S/C18H28N2O3/c1-12(2)8-9-23-17-7-5-4-6-15(17)20-18(22)14-11-19-13(3)10-16(14)21/h10-12,15,17H,4-9H2,1-3H3,(H,19,21)(H,20,22)/t15-,17+/m1/s1. The van der Waals surface area contributed by atoms with Gasteiger partial charge >= 0.3 is 0 Å². The number of hydrogen-bond donors (Lipinski definition) is 2. The molecule has 128 valence electrons. The topological polar surface area (TPSA) is 71.2 Å². The molecule has 1 fully saturated rings. The fraction of sp³-hybridized carbons (Fsp3) is 0.667. The van der Waals surface area contributed by atoms with Gasteiger partial charge in [0.05, 0.1) is 12.1 Å². The number of pyridine rings is 1. The highest BCUT2D eigenvalue weighted by molar-refractivity contribution is 5.94. The highest BCUT2D eigenvalue weighted by Crippen LogP contribution is 2.22. The normalized spacial score (nSPS) is 21.4. The molecule has 2 atom stereocenters. The summed E-state index contributed by atoms with van der Waals surface area (Å²) in [5.41, 5.74) is 0.674. The molecule has 1 aliphatic carbocycles. The monoisotopic (exact) mass is 320 g/mol. The van der Waals surface area contributed by atoms with Gasteiger partial charge in [0.2, 0.25) is 0 Å². The summed E-state index contributed by atoms with van der Waals surface area (Å²) in [4.78, 5) is 27.3. The summed E-state index contributed by atoms with van der Waals surface area (Å²) in [6.45, 7) is 6.86. The van der Waals surface area contributed by atoms with Crippen molar-refractivity contribution in [1.82, 2.24) is 10.3 Å². The quantitative estimate of drug-likeness (QED) is 0.846. The van der Waals surface area contributed by atoms with Crippen molar-refractivity contribution in [2.45, 2.75) is 65.0 Å². The van der Waals surface area contributed by atoms with Crippen molar-refractivity contribution in [2.75, 3.05) is 6.61 Å². The molecule has 2 rings (SSSR count). The Bertz CT molecular complexity index is 580. The minimum atomic E-state index is -0.310. The lowest BCUT2D eigenvalue weighted by molar-refractivity contribution is 0.00120. The molecule has 0 saturated heterocycles. The van der Waals surface area contributed by atoms with E-state index in [-0.39, 0.29) is 29.0 Å². The third kappa shape index (κ3) is 5.20. The second-order valence-electron chi connectivity index (χ2n) is 6.85. The molecule has 0 radical (unpaired) electrons. The molecule has 0 unspecified atom stereocenters. The van der Waals surface area contributed by atoms with Crippen LogP contribution in [0.3, 0.4) is 0 Å². The molecule has 1 heterocycles. The lowest BCUT2D eigenvalue weighted by Gasteiger charge is -2.32. The first-order valence-corrected chi connectivity index (χ1v) is 8.59. The number of H-pyrrole nitrogens is 1. The van der Waals surface area contributed by atoms with Gasteiger partial charge in [-0.1, -0.05) is 26.7 Å². The van der Waals surface area contributed by atoms with Crippen LogP contribution in [-0.2, 0) is 4.74 Å². The Kier molecular flexibility index (Phi) is 6.39. The maximum atomic E-state index is 12.4. The van der Waals surface area contributed by atoms with Gasteiger partial charge in [0.1, 0.15) is 5.56 Å². The van der Waals surface area contributed by atoms with E-state index in [1.807, 2.05) is 0 Å². The smallest absolute Gasteiger partial charge is 0.257 e. The third-order valence-corrected chi connectivity index (χ3v) is 4.35. The van der Waals surface area contributed by atoms with Gasteiger partial charge in [-0.25, -0.2) is 0 Å². The number of rotatable bonds is 6. The number of carbonyl (C=O) groups excluding carboxylic acids is 1. The van der Waals surface area contributed by atoms with E-state index in [9.17, 15) is 9.59 Å². The van der Waals surface area contributed by atoms with Crippen LogP contribution < -0.4 is 10.7 Å². The summed E-state index contributed by atoms with van der Waals surface area (Å²) >= 11 is 0. The van der Waals surface area contributed by atoms with Gasteiger partial charge in [0.15, 0.2) is 5.43 Å². The molecule has 1 amide bonds. The number of ether oxygens (including phenoxy) is 1. The average Bonchev–Trinajstić information content (AvgIpc) is 2.48. The Hall–Kier alpha value is -1.62. The summed E-state index contributed by atoms with van der Waals surface area (Å²) < 4.78 is 5.99. The molecule has 23 heavy (non-hydrogen) atoms. The first kappa shape index (κ1) is 17.7. The van der Waals surface area contributed by atoms with Gasteiger partial charge in [-0.2, -0.15) is 0 Å². The molecule has 1 aliphatic rings. The second kappa shape index (κ2) is 8.29. The number of aromatic nitrogens is 1. The minimum Gasteiger partial charge on any atom is -0.376 e. The molecule has 0 aromatic carbocycles. The lowest BCUT2D eigenvalue weighted by atomic mass is 9.92. The molecule has 5 heteroatoms. The van der Waals surface area contributed by atoms with Gasteiger partial charge in [0.25, 0.3) is 5.91 Å². The van der Waals surface area contributed by atoms with Crippen LogP contribution in [0.2, 0.25) is 0 Å². The van der Waals surface area contributed by atoms with Gasteiger partial charge in [-0.05, 0) is 32.1 Å². The molecular formula is C18H28N2O3. The van der Waals surface area contributed by atoms with E-state index in [2.05, 4.69) is 24.1 Å². The Labute approximate surface area is 137 Å². The molecule has 1 aromatic heterocycles. The van der Waals surface area contributed by atoms with E-state index in [1.54, 1.807) is 6.92 Å². The van der Waals surface area contributed by atoms with E-state index in [4.69, 9.17) is 4.74 Å². The molecule has 5 nitrogen and oxygen atoms in total. The number of hydrogen-bond acceptors (Lipinski definition) is 3. The average molecular weight is 320 g/mol. The van der Waals surface area contributed by atoms with Gasteiger partial charge < -0.3 is 15.0 Å². The van der Waals surface area contributed by atoms with Crippen LogP contribution in [0, 0.1) is 12.8 Å². The summed E-state index contributed by atoms with van der Waals surface area (Å²) in [5, 5.41) is 3.00. The van der Waals surface area contributed by atoms with Crippen LogP contribution in [0.4, 0.5) is 0 Å². The number of carbonyl (C=O) groups is 1. The zero-order valence-corrected chi connectivity index (χ0v) is 14.4. The summed E-state index contributed by atoms with van der Waals surface area (Å²) in [7, 11) is 0. The van der Waals surface area contributed by atoms with Gasteiger partial charge in [0, 0.05) is 24.6 Å². The Morgan fingerprint density at radius 1 is 1.39 bits per heavy atom. The van der Waals surface area contributed by atoms with Crippen LogP contribution in [0.1, 0.15) is 62.0 Å². The predicted octanol–water partition coefficient (Wildman–Crippen LogP) is 2.79. The summed E-state index contributed by atoms with van der Waals surface area (Å²) in [6, 6.07) is 1.44. The number of amides is 1. The highest BCUT2D eigenvalue weighted by atomic mass is 16.5. The second-order valence-corrected chi connectivity index (χ2v) is 6.85. The fourth-order valence-corrected chi connectivity index (χ4v) is 2.91. The molecule has 2 N–H and O–H groups in total.